The van der Waals surface area contributed by atoms with Gasteiger partial charge in [0.25, 0.3) is 0 Å². The standard InChI is InChI=1S/C18H23NO/c1-2-13-6-8-14(9-7-13)18(20)17-5-3-4-15-12-19-11-10-16(15)17/h3-5,10-14,18,20H,2,6-9H2,1H3. The maximum Gasteiger partial charge on any atom is 0.0824 e. The van der Waals surface area contributed by atoms with Crippen molar-refractivity contribution in [3.8, 4) is 0 Å². The van der Waals surface area contributed by atoms with Crippen molar-refractivity contribution in [3.05, 3.63) is 42.2 Å². The average Bonchev–Trinajstić information content (AvgIpc) is 2.54. The van der Waals surface area contributed by atoms with Gasteiger partial charge in [-0.3, -0.25) is 4.98 Å². The molecule has 1 aromatic carbocycles. The van der Waals surface area contributed by atoms with Crippen LogP contribution in [0, 0.1) is 11.8 Å². The van der Waals surface area contributed by atoms with Crippen LogP contribution in [0.25, 0.3) is 10.8 Å². The first kappa shape index (κ1) is 13.6. The molecule has 2 aromatic rings. The van der Waals surface area contributed by atoms with E-state index in [2.05, 4.69) is 24.0 Å². The number of aliphatic hydroxyl groups is 1. The fourth-order valence-electron chi connectivity index (χ4n) is 3.57. The molecule has 1 unspecified atom stereocenters. The summed E-state index contributed by atoms with van der Waals surface area (Å²) in [4.78, 5) is 4.17. The number of hydrogen-bond donors (Lipinski definition) is 1. The average molecular weight is 269 g/mol. The molecule has 2 nitrogen and oxygen atoms in total. The lowest BCUT2D eigenvalue weighted by Gasteiger charge is -2.31. The third-order valence-corrected chi connectivity index (χ3v) is 4.95. The summed E-state index contributed by atoms with van der Waals surface area (Å²) in [7, 11) is 0. The largest absolute Gasteiger partial charge is 0.388 e. The molecule has 1 atom stereocenters. The van der Waals surface area contributed by atoms with Crippen molar-refractivity contribution in [2.45, 2.75) is 45.1 Å². The van der Waals surface area contributed by atoms with Crippen molar-refractivity contribution in [2.75, 3.05) is 0 Å². The number of aliphatic hydroxyl groups excluding tert-OH is 1. The van der Waals surface area contributed by atoms with Crippen molar-refractivity contribution < 1.29 is 5.11 Å². The topological polar surface area (TPSA) is 33.1 Å². The summed E-state index contributed by atoms with van der Waals surface area (Å²) in [5.41, 5.74) is 1.07. The van der Waals surface area contributed by atoms with E-state index in [9.17, 15) is 5.11 Å². The van der Waals surface area contributed by atoms with Gasteiger partial charge in [0.2, 0.25) is 0 Å². The highest BCUT2D eigenvalue weighted by Gasteiger charge is 2.27. The molecular formula is C18H23NO. The van der Waals surface area contributed by atoms with Crippen LogP contribution in [0.4, 0.5) is 0 Å². The van der Waals surface area contributed by atoms with Gasteiger partial charge in [0.1, 0.15) is 0 Å². The second-order valence-electron chi connectivity index (χ2n) is 6.08. The summed E-state index contributed by atoms with van der Waals surface area (Å²) < 4.78 is 0. The summed E-state index contributed by atoms with van der Waals surface area (Å²) in [6.45, 7) is 2.28. The Morgan fingerprint density at radius 2 is 2.00 bits per heavy atom. The summed E-state index contributed by atoms with van der Waals surface area (Å²) in [5.74, 6) is 1.28. The Morgan fingerprint density at radius 1 is 1.20 bits per heavy atom. The first-order valence-corrected chi connectivity index (χ1v) is 7.80. The normalized spacial score (nSPS) is 24.7. The van der Waals surface area contributed by atoms with Crippen LogP contribution in [0.1, 0.15) is 50.7 Å². The van der Waals surface area contributed by atoms with Crippen molar-refractivity contribution in [3.63, 3.8) is 0 Å². The summed E-state index contributed by atoms with van der Waals surface area (Å²) in [6, 6.07) is 8.18. The van der Waals surface area contributed by atoms with Gasteiger partial charge in [-0.15, -0.1) is 0 Å². The number of nitrogens with zero attached hydrogens (tertiary/aromatic N) is 1. The fourth-order valence-corrected chi connectivity index (χ4v) is 3.57. The van der Waals surface area contributed by atoms with E-state index in [4.69, 9.17) is 0 Å². The van der Waals surface area contributed by atoms with Gasteiger partial charge in [-0.2, -0.15) is 0 Å². The molecule has 1 saturated carbocycles. The number of rotatable bonds is 3. The second kappa shape index (κ2) is 5.92. The van der Waals surface area contributed by atoms with Crippen molar-refractivity contribution in [1.29, 1.82) is 0 Å². The molecule has 0 spiro atoms. The molecule has 1 heterocycles. The molecule has 0 saturated heterocycles. The molecule has 1 aromatic heterocycles. The zero-order chi connectivity index (χ0) is 13.9. The van der Waals surface area contributed by atoms with E-state index in [0.29, 0.717) is 5.92 Å². The molecular weight excluding hydrogens is 246 g/mol. The number of pyridine rings is 1. The molecule has 0 bridgehead atoms. The van der Waals surface area contributed by atoms with Crippen LogP contribution in [0.3, 0.4) is 0 Å². The van der Waals surface area contributed by atoms with Gasteiger partial charge in [0.15, 0.2) is 0 Å². The summed E-state index contributed by atoms with van der Waals surface area (Å²) in [6.07, 6.45) is 9.48. The second-order valence-corrected chi connectivity index (χ2v) is 6.08. The fraction of sp³-hybridized carbons (Fsp3) is 0.500. The molecule has 0 amide bonds. The van der Waals surface area contributed by atoms with E-state index in [1.807, 2.05) is 24.5 Å². The van der Waals surface area contributed by atoms with Crippen LogP contribution in [-0.4, -0.2) is 10.1 Å². The summed E-state index contributed by atoms with van der Waals surface area (Å²) >= 11 is 0. The Morgan fingerprint density at radius 3 is 2.75 bits per heavy atom. The van der Waals surface area contributed by atoms with E-state index in [0.717, 1.165) is 35.1 Å². The quantitative estimate of drug-likeness (QED) is 0.891. The Balaban J connectivity index is 1.84. The number of hydrogen-bond acceptors (Lipinski definition) is 2. The number of benzene rings is 1. The number of fused-ring (bicyclic) bond motifs is 1. The zero-order valence-corrected chi connectivity index (χ0v) is 12.1. The van der Waals surface area contributed by atoms with Crippen molar-refractivity contribution in [1.82, 2.24) is 4.98 Å². The highest BCUT2D eigenvalue weighted by Crippen LogP contribution is 2.39. The highest BCUT2D eigenvalue weighted by molar-refractivity contribution is 5.85. The van der Waals surface area contributed by atoms with Gasteiger partial charge in [-0.25, -0.2) is 0 Å². The molecule has 20 heavy (non-hydrogen) atoms. The first-order chi connectivity index (χ1) is 9.79. The number of aromatic nitrogens is 1. The zero-order valence-electron chi connectivity index (χ0n) is 12.1. The van der Waals surface area contributed by atoms with Crippen LogP contribution < -0.4 is 0 Å². The smallest absolute Gasteiger partial charge is 0.0824 e. The van der Waals surface area contributed by atoms with Crippen LogP contribution >= 0.6 is 0 Å². The van der Waals surface area contributed by atoms with Crippen LogP contribution in [0.2, 0.25) is 0 Å². The predicted molar refractivity (Wildman–Crippen MR) is 82.4 cm³/mol. The molecule has 1 fully saturated rings. The molecule has 1 aliphatic rings. The maximum atomic E-state index is 10.8. The SMILES string of the molecule is CCC1CCC(C(O)c2cccc3cnccc23)CC1. The maximum absolute atomic E-state index is 10.8. The Labute approximate surface area is 120 Å². The van der Waals surface area contributed by atoms with Crippen LogP contribution in [-0.2, 0) is 0 Å². The van der Waals surface area contributed by atoms with Gasteiger partial charge in [-0.05, 0) is 41.7 Å². The minimum atomic E-state index is -0.334. The van der Waals surface area contributed by atoms with E-state index < -0.39 is 0 Å². The van der Waals surface area contributed by atoms with Gasteiger partial charge in [-0.1, -0.05) is 44.4 Å². The lowest BCUT2D eigenvalue weighted by molar-refractivity contribution is 0.0741. The van der Waals surface area contributed by atoms with Gasteiger partial charge < -0.3 is 5.11 Å². The predicted octanol–water partition coefficient (Wildman–Crippen LogP) is 4.48. The Kier molecular flexibility index (Phi) is 4.02. The van der Waals surface area contributed by atoms with Crippen LogP contribution in [0.15, 0.2) is 36.7 Å². The molecule has 1 aliphatic carbocycles. The Hall–Kier alpha value is -1.41. The highest BCUT2D eigenvalue weighted by atomic mass is 16.3. The minimum absolute atomic E-state index is 0.334. The monoisotopic (exact) mass is 269 g/mol. The van der Waals surface area contributed by atoms with Gasteiger partial charge in [0.05, 0.1) is 6.10 Å². The van der Waals surface area contributed by atoms with E-state index in [-0.39, 0.29) is 6.10 Å². The van der Waals surface area contributed by atoms with E-state index in [1.54, 1.807) is 0 Å². The molecule has 0 aliphatic heterocycles. The molecule has 3 rings (SSSR count). The summed E-state index contributed by atoms with van der Waals surface area (Å²) in [5, 5.41) is 13.0. The Bertz CT molecular complexity index is 567. The van der Waals surface area contributed by atoms with E-state index in [1.165, 1.54) is 19.3 Å². The van der Waals surface area contributed by atoms with E-state index >= 15 is 0 Å². The molecule has 0 radical (unpaired) electrons. The molecule has 2 heteroatoms. The third-order valence-electron chi connectivity index (χ3n) is 4.95. The first-order valence-electron chi connectivity index (χ1n) is 7.80. The lowest BCUT2D eigenvalue weighted by Crippen LogP contribution is -2.20. The van der Waals surface area contributed by atoms with Gasteiger partial charge in [0, 0.05) is 17.8 Å². The minimum Gasteiger partial charge on any atom is -0.388 e. The van der Waals surface area contributed by atoms with Crippen molar-refractivity contribution >= 4 is 10.8 Å². The molecule has 106 valence electrons. The lowest BCUT2D eigenvalue weighted by atomic mass is 9.76. The van der Waals surface area contributed by atoms with Crippen molar-refractivity contribution in [2.24, 2.45) is 11.8 Å². The third kappa shape index (κ3) is 2.57. The van der Waals surface area contributed by atoms with Crippen LogP contribution in [0.5, 0.6) is 0 Å². The van der Waals surface area contributed by atoms with Gasteiger partial charge >= 0.3 is 0 Å². The molecule has 1 N–H and O–H groups in total.